The van der Waals surface area contributed by atoms with Crippen molar-refractivity contribution in [3.05, 3.63) is 47.7 Å². The van der Waals surface area contributed by atoms with Gasteiger partial charge >= 0.3 is 0 Å². The molecule has 0 fully saturated rings. The van der Waals surface area contributed by atoms with Crippen molar-refractivity contribution in [3.63, 3.8) is 0 Å². The number of aromatic nitrogens is 2. The standard InChI is InChI=1S/C21H30N4O2/c1-5-17-8-10-18(11-9-17)16(2)15-20(26)22-19-12-14-25(23-19)13-6-7-21(27)24(3)4/h8-12,14,16H,5-7,13,15H2,1-4H3,(H,22,23,26)/t16-/m1/s1. The summed E-state index contributed by atoms with van der Waals surface area (Å²) in [5.41, 5.74) is 2.46. The topological polar surface area (TPSA) is 67.2 Å². The summed E-state index contributed by atoms with van der Waals surface area (Å²) in [6.07, 6.45) is 4.46. The van der Waals surface area contributed by atoms with Crippen molar-refractivity contribution in [2.75, 3.05) is 19.4 Å². The summed E-state index contributed by atoms with van der Waals surface area (Å²) < 4.78 is 1.76. The van der Waals surface area contributed by atoms with Crippen LogP contribution in [0.5, 0.6) is 0 Å². The lowest BCUT2D eigenvalue weighted by atomic mass is 9.96. The first kappa shape index (κ1) is 20.7. The number of nitrogens with zero attached hydrogens (tertiary/aromatic N) is 3. The summed E-state index contributed by atoms with van der Waals surface area (Å²) in [4.78, 5) is 25.5. The van der Waals surface area contributed by atoms with Crippen LogP contribution in [0.15, 0.2) is 36.5 Å². The monoisotopic (exact) mass is 370 g/mol. The van der Waals surface area contributed by atoms with E-state index >= 15 is 0 Å². The van der Waals surface area contributed by atoms with Crippen molar-refractivity contribution in [3.8, 4) is 0 Å². The third-order valence-electron chi connectivity index (χ3n) is 4.63. The van der Waals surface area contributed by atoms with Crippen LogP contribution in [-0.4, -0.2) is 40.6 Å². The van der Waals surface area contributed by atoms with Crippen molar-refractivity contribution in [2.24, 2.45) is 0 Å². The Kier molecular flexibility index (Phi) is 7.58. The lowest BCUT2D eigenvalue weighted by Gasteiger charge is -2.12. The second-order valence-electron chi connectivity index (χ2n) is 7.10. The molecule has 0 unspecified atom stereocenters. The Balaban J connectivity index is 1.80. The quantitative estimate of drug-likeness (QED) is 0.735. The Morgan fingerprint density at radius 2 is 1.89 bits per heavy atom. The molecule has 0 saturated heterocycles. The summed E-state index contributed by atoms with van der Waals surface area (Å²) in [5.74, 6) is 0.759. The highest BCUT2D eigenvalue weighted by molar-refractivity contribution is 5.90. The van der Waals surface area contributed by atoms with E-state index in [1.165, 1.54) is 11.1 Å². The molecule has 2 rings (SSSR count). The predicted molar refractivity (Wildman–Crippen MR) is 108 cm³/mol. The molecule has 0 aliphatic heterocycles. The van der Waals surface area contributed by atoms with Gasteiger partial charge in [-0.3, -0.25) is 14.3 Å². The summed E-state index contributed by atoms with van der Waals surface area (Å²) in [7, 11) is 3.51. The lowest BCUT2D eigenvalue weighted by Crippen LogP contribution is -2.21. The molecule has 27 heavy (non-hydrogen) atoms. The minimum atomic E-state index is -0.0462. The SMILES string of the molecule is CCc1ccc([C@H](C)CC(=O)Nc2ccn(CCCC(=O)N(C)C)n2)cc1. The summed E-state index contributed by atoms with van der Waals surface area (Å²) in [6, 6.07) is 10.2. The fourth-order valence-corrected chi connectivity index (χ4v) is 2.84. The van der Waals surface area contributed by atoms with E-state index < -0.39 is 0 Å². The molecule has 1 aromatic carbocycles. The van der Waals surface area contributed by atoms with E-state index in [1.807, 2.05) is 6.20 Å². The molecule has 0 saturated carbocycles. The molecule has 6 heteroatoms. The van der Waals surface area contributed by atoms with Gasteiger partial charge in [-0.2, -0.15) is 5.10 Å². The zero-order valence-electron chi connectivity index (χ0n) is 16.7. The highest BCUT2D eigenvalue weighted by atomic mass is 16.2. The molecule has 1 aromatic heterocycles. The molecule has 2 amide bonds. The van der Waals surface area contributed by atoms with Gasteiger partial charge in [-0.25, -0.2) is 0 Å². The second kappa shape index (κ2) is 9.90. The highest BCUT2D eigenvalue weighted by Crippen LogP contribution is 2.20. The van der Waals surface area contributed by atoms with Crippen LogP contribution in [0, 0.1) is 0 Å². The van der Waals surface area contributed by atoms with Crippen molar-refractivity contribution < 1.29 is 9.59 Å². The third-order valence-corrected chi connectivity index (χ3v) is 4.63. The van der Waals surface area contributed by atoms with Gasteiger partial charge in [-0.1, -0.05) is 38.1 Å². The van der Waals surface area contributed by atoms with E-state index in [0.717, 1.165) is 12.8 Å². The second-order valence-corrected chi connectivity index (χ2v) is 7.10. The minimum Gasteiger partial charge on any atom is -0.349 e. The number of hydrogen-bond donors (Lipinski definition) is 1. The Bertz CT molecular complexity index is 750. The van der Waals surface area contributed by atoms with E-state index in [1.54, 1.807) is 29.7 Å². The minimum absolute atomic E-state index is 0.0462. The van der Waals surface area contributed by atoms with E-state index in [-0.39, 0.29) is 17.7 Å². The van der Waals surface area contributed by atoms with Crippen LogP contribution in [0.25, 0.3) is 0 Å². The summed E-state index contributed by atoms with van der Waals surface area (Å²) in [5, 5.41) is 7.21. The Labute approximate surface area is 161 Å². The zero-order valence-corrected chi connectivity index (χ0v) is 16.7. The van der Waals surface area contributed by atoms with Gasteiger partial charge in [0, 0.05) is 45.7 Å². The van der Waals surface area contributed by atoms with E-state index in [2.05, 4.69) is 48.5 Å². The molecule has 0 aliphatic carbocycles. The molecule has 2 aromatic rings. The maximum atomic E-state index is 12.3. The zero-order chi connectivity index (χ0) is 19.8. The Hall–Kier alpha value is -2.63. The van der Waals surface area contributed by atoms with Crippen molar-refractivity contribution >= 4 is 17.6 Å². The van der Waals surface area contributed by atoms with E-state index in [4.69, 9.17) is 0 Å². The number of carbonyl (C=O) groups excluding carboxylic acids is 2. The lowest BCUT2D eigenvalue weighted by molar-refractivity contribution is -0.128. The number of carbonyl (C=O) groups is 2. The van der Waals surface area contributed by atoms with Gasteiger partial charge in [0.05, 0.1) is 0 Å². The third kappa shape index (κ3) is 6.55. The molecule has 0 bridgehead atoms. The van der Waals surface area contributed by atoms with Crippen LogP contribution in [-0.2, 0) is 22.6 Å². The smallest absolute Gasteiger partial charge is 0.226 e. The first-order valence-corrected chi connectivity index (χ1v) is 9.51. The number of benzene rings is 1. The van der Waals surface area contributed by atoms with Crippen molar-refractivity contribution in [1.29, 1.82) is 0 Å². The van der Waals surface area contributed by atoms with Gasteiger partial charge in [0.2, 0.25) is 11.8 Å². The first-order valence-electron chi connectivity index (χ1n) is 9.51. The number of amides is 2. The largest absolute Gasteiger partial charge is 0.349 e. The average Bonchev–Trinajstić information content (AvgIpc) is 3.08. The van der Waals surface area contributed by atoms with Crippen LogP contribution in [0.1, 0.15) is 50.2 Å². The van der Waals surface area contributed by atoms with Gasteiger partial charge in [-0.15, -0.1) is 0 Å². The fraction of sp³-hybridized carbons (Fsp3) is 0.476. The molecule has 0 radical (unpaired) electrons. The number of hydrogen-bond acceptors (Lipinski definition) is 3. The van der Waals surface area contributed by atoms with Gasteiger partial charge < -0.3 is 10.2 Å². The Morgan fingerprint density at radius 1 is 1.19 bits per heavy atom. The Morgan fingerprint density at radius 3 is 2.52 bits per heavy atom. The average molecular weight is 370 g/mol. The molecule has 146 valence electrons. The van der Waals surface area contributed by atoms with Crippen molar-refractivity contribution in [1.82, 2.24) is 14.7 Å². The van der Waals surface area contributed by atoms with Gasteiger partial charge in [0.15, 0.2) is 5.82 Å². The van der Waals surface area contributed by atoms with Crippen LogP contribution >= 0.6 is 0 Å². The fourth-order valence-electron chi connectivity index (χ4n) is 2.84. The van der Waals surface area contributed by atoms with Crippen molar-refractivity contribution in [2.45, 2.75) is 52.0 Å². The summed E-state index contributed by atoms with van der Waals surface area (Å²) >= 11 is 0. The molecular formula is C21H30N4O2. The normalized spacial score (nSPS) is 11.9. The molecule has 6 nitrogen and oxygen atoms in total. The van der Waals surface area contributed by atoms with Gasteiger partial charge in [-0.05, 0) is 29.9 Å². The highest BCUT2D eigenvalue weighted by Gasteiger charge is 2.13. The molecular weight excluding hydrogens is 340 g/mol. The van der Waals surface area contributed by atoms with Gasteiger partial charge in [0.25, 0.3) is 0 Å². The number of aryl methyl sites for hydroxylation is 2. The number of nitrogens with one attached hydrogen (secondary N) is 1. The number of anilines is 1. The van der Waals surface area contributed by atoms with Crippen LogP contribution in [0.4, 0.5) is 5.82 Å². The van der Waals surface area contributed by atoms with Crippen LogP contribution < -0.4 is 5.32 Å². The predicted octanol–water partition coefficient (Wildman–Crippen LogP) is 3.45. The maximum Gasteiger partial charge on any atom is 0.226 e. The number of rotatable bonds is 9. The van der Waals surface area contributed by atoms with E-state index in [0.29, 0.717) is 25.2 Å². The maximum absolute atomic E-state index is 12.3. The summed E-state index contributed by atoms with van der Waals surface area (Å²) in [6.45, 7) is 4.83. The first-order chi connectivity index (χ1) is 12.9. The molecule has 1 heterocycles. The van der Waals surface area contributed by atoms with Crippen LogP contribution in [0.2, 0.25) is 0 Å². The molecule has 0 aliphatic rings. The molecule has 1 N–H and O–H groups in total. The molecule has 0 spiro atoms. The van der Waals surface area contributed by atoms with Gasteiger partial charge in [0.1, 0.15) is 0 Å². The molecule has 1 atom stereocenters. The van der Waals surface area contributed by atoms with E-state index in [9.17, 15) is 9.59 Å². The van der Waals surface area contributed by atoms with Crippen LogP contribution in [0.3, 0.4) is 0 Å².